The molecule has 3 rings (SSSR count). The number of hydrogen-bond acceptors (Lipinski definition) is 2. The Morgan fingerprint density at radius 2 is 1.96 bits per heavy atom. The van der Waals surface area contributed by atoms with E-state index >= 15 is 0 Å². The molecule has 7 heteroatoms. The maximum Gasteiger partial charge on any atom is 0.229 e. The molecule has 1 N–H and O–H groups in total. The van der Waals surface area contributed by atoms with Gasteiger partial charge in [-0.2, -0.15) is 0 Å². The largest absolute Gasteiger partial charge is 0.342 e. The van der Waals surface area contributed by atoms with Gasteiger partial charge in [-0.05, 0) is 36.2 Å². The lowest BCUT2D eigenvalue weighted by Gasteiger charge is -2.17. The summed E-state index contributed by atoms with van der Waals surface area (Å²) in [5.41, 5.74) is 0.910. The van der Waals surface area contributed by atoms with Crippen molar-refractivity contribution in [2.24, 2.45) is 5.92 Å². The first kappa shape index (κ1) is 18.3. The molecular formula is C19H17ClF2N2O2. The van der Waals surface area contributed by atoms with Crippen molar-refractivity contribution in [2.75, 3.05) is 18.4 Å². The van der Waals surface area contributed by atoms with Crippen LogP contribution in [0.2, 0.25) is 5.02 Å². The quantitative estimate of drug-likeness (QED) is 0.863. The van der Waals surface area contributed by atoms with Crippen LogP contribution in [0, 0.1) is 17.6 Å². The number of carbonyl (C=O) groups is 2. The molecule has 2 aromatic carbocycles. The van der Waals surface area contributed by atoms with E-state index in [1.807, 2.05) is 0 Å². The minimum absolute atomic E-state index is 0.0863. The van der Waals surface area contributed by atoms with Crippen LogP contribution in [0.3, 0.4) is 0 Å². The molecule has 1 aliphatic heterocycles. The van der Waals surface area contributed by atoms with E-state index in [1.54, 1.807) is 23.1 Å². The number of carbonyl (C=O) groups excluding carboxylic acids is 2. The second-order valence-electron chi connectivity index (χ2n) is 6.20. The highest BCUT2D eigenvalue weighted by atomic mass is 35.5. The third kappa shape index (κ3) is 4.19. The zero-order chi connectivity index (χ0) is 18.7. The van der Waals surface area contributed by atoms with Gasteiger partial charge in [0.05, 0.1) is 10.9 Å². The fourth-order valence-electron chi connectivity index (χ4n) is 2.94. The van der Waals surface area contributed by atoms with Crippen molar-refractivity contribution in [1.29, 1.82) is 0 Å². The van der Waals surface area contributed by atoms with E-state index < -0.39 is 11.7 Å². The smallest absolute Gasteiger partial charge is 0.229 e. The van der Waals surface area contributed by atoms with Crippen LogP contribution in [0.25, 0.3) is 0 Å². The number of amides is 2. The van der Waals surface area contributed by atoms with Gasteiger partial charge in [0.25, 0.3) is 0 Å². The van der Waals surface area contributed by atoms with E-state index in [4.69, 9.17) is 11.6 Å². The molecule has 1 heterocycles. The maximum atomic E-state index is 13.7. The molecule has 4 nitrogen and oxygen atoms in total. The van der Waals surface area contributed by atoms with Crippen molar-refractivity contribution in [1.82, 2.24) is 4.90 Å². The van der Waals surface area contributed by atoms with Crippen LogP contribution in [0.4, 0.5) is 14.5 Å². The summed E-state index contributed by atoms with van der Waals surface area (Å²) in [4.78, 5) is 26.0. The number of nitrogens with zero attached hydrogens (tertiary/aromatic N) is 1. The average molecular weight is 379 g/mol. The van der Waals surface area contributed by atoms with Gasteiger partial charge >= 0.3 is 0 Å². The molecule has 1 atom stereocenters. The maximum absolute atomic E-state index is 13.7. The zero-order valence-corrected chi connectivity index (χ0v) is 14.6. The molecule has 1 unspecified atom stereocenters. The Morgan fingerprint density at radius 3 is 2.69 bits per heavy atom. The van der Waals surface area contributed by atoms with Gasteiger partial charge in [0.1, 0.15) is 11.6 Å². The number of benzene rings is 2. The third-order valence-electron chi connectivity index (χ3n) is 4.38. The molecule has 1 fully saturated rings. The Morgan fingerprint density at radius 1 is 1.19 bits per heavy atom. The minimum atomic E-state index is -0.569. The van der Waals surface area contributed by atoms with Gasteiger partial charge in [0, 0.05) is 25.2 Å². The summed E-state index contributed by atoms with van der Waals surface area (Å²) >= 11 is 5.70. The van der Waals surface area contributed by atoms with Gasteiger partial charge in [-0.15, -0.1) is 0 Å². The van der Waals surface area contributed by atoms with Crippen molar-refractivity contribution in [3.8, 4) is 0 Å². The van der Waals surface area contributed by atoms with Gasteiger partial charge in [-0.3, -0.25) is 9.59 Å². The van der Waals surface area contributed by atoms with E-state index in [1.165, 1.54) is 24.3 Å². The van der Waals surface area contributed by atoms with Gasteiger partial charge in [-0.25, -0.2) is 8.78 Å². The van der Waals surface area contributed by atoms with Crippen LogP contribution < -0.4 is 5.32 Å². The first-order chi connectivity index (χ1) is 12.4. The van der Waals surface area contributed by atoms with Crippen LogP contribution in [0.15, 0.2) is 42.5 Å². The molecule has 1 aliphatic rings. The van der Waals surface area contributed by atoms with E-state index in [-0.39, 0.29) is 35.6 Å². The molecule has 0 spiro atoms. The van der Waals surface area contributed by atoms with Crippen LogP contribution in [0.1, 0.15) is 12.0 Å². The summed E-state index contributed by atoms with van der Waals surface area (Å²) < 4.78 is 26.8. The number of likely N-dealkylation sites (tertiary alicyclic amines) is 1. The second kappa shape index (κ2) is 7.83. The molecule has 0 bridgehead atoms. The van der Waals surface area contributed by atoms with Crippen molar-refractivity contribution >= 4 is 29.1 Å². The molecular weight excluding hydrogens is 362 g/mol. The van der Waals surface area contributed by atoms with Gasteiger partial charge in [0.15, 0.2) is 0 Å². The topological polar surface area (TPSA) is 49.4 Å². The predicted octanol–water partition coefficient (Wildman–Crippen LogP) is 3.65. The molecule has 0 aromatic heterocycles. The molecule has 26 heavy (non-hydrogen) atoms. The van der Waals surface area contributed by atoms with E-state index in [0.29, 0.717) is 24.2 Å². The van der Waals surface area contributed by atoms with Crippen LogP contribution >= 0.6 is 11.6 Å². The SMILES string of the molecule is O=C(Nc1ccc(F)c(Cl)c1)C1CC(=O)N(CCc2ccccc2F)C1. The van der Waals surface area contributed by atoms with Crippen molar-refractivity contribution in [3.63, 3.8) is 0 Å². The van der Waals surface area contributed by atoms with E-state index in [2.05, 4.69) is 5.32 Å². The summed E-state index contributed by atoms with van der Waals surface area (Å²) in [6.07, 6.45) is 0.484. The summed E-state index contributed by atoms with van der Waals surface area (Å²) in [6, 6.07) is 10.3. The summed E-state index contributed by atoms with van der Waals surface area (Å²) in [5, 5.41) is 2.56. The second-order valence-corrected chi connectivity index (χ2v) is 6.61. The van der Waals surface area contributed by atoms with Crippen LogP contribution in [-0.2, 0) is 16.0 Å². The summed E-state index contributed by atoms with van der Waals surface area (Å²) in [6.45, 7) is 0.625. The molecule has 2 aromatic rings. The van der Waals surface area contributed by atoms with Crippen LogP contribution in [-0.4, -0.2) is 29.8 Å². The molecule has 0 saturated carbocycles. The Balaban J connectivity index is 1.57. The minimum Gasteiger partial charge on any atom is -0.342 e. The average Bonchev–Trinajstić information content (AvgIpc) is 2.98. The highest BCUT2D eigenvalue weighted by molar-refractivity contribution is 6.31. The molecule has 2 amide bonds. The van der Waals surface area contributed by atoms with Crippen molar-refractivity contribution in [3.05, 3.63) is 64.7 Å². The number of rotatable bonds is 5. The highest BCUT2D eigenvalue weighted by Crippen LogP contribution is 2.23. The van der Waals surface area contributed by atoms with Gasteiger partial charge < -0.3 is 10.2 Å². The number of nitrogens with one attached hydrogen (secondary N) is 1. The monoisotopic (exact) mass is 378 g/mol. The predicted molar refractivity (Wildman–Crippen MR) is 94.8 cm³/mol. The molecule has 136 valence electrons. The lowest BCUT2D eigenvalue weighted by Crippen LogP contribution is -2.30. The Hall–Kier alpha value is -2.47. The summed E-state index contributed by atoms with van der Waals surface area (Å²) in [5.74, 6) is -1.85. The number of anilines is 1. The van der Waals surface area contributed by atoms with E-state index in [0.717, 1.165) is 0 Å². The highest BCUT2D eigenvalue weighted by Gasteiger charge is 2.34. The Bertz CT molecular complexity index is 844. The lowest BCUT2D eigenvalue weighted by molar-refractivity contribution is -0.128. The Labute approximate surface area is 154 Å². The first-order valence-electron chi connectivity index (χ1n) is 8.21. The van der Waals surface area contributed by atoms with Crippen LogP contribution in [0.5, 0.6) is 0 Å². The van der Waals surface area contributed by atoms with Crippen molar-refractivity contribution < 1.29 is 18.4 Å². The third-order valence-corrected chi connectivity index (χ3v) is 4.67. The molecule has 0 aliphatic carbocycles. The number of halogens is 3. The normalized spacial score (nSPS) is 16.8. The number of hydrogen-bond donors (Lipinski definition) is 1. The Kier molecular flexibility index (Phi) is 5.52. The first-order valence-corrected chi connectivity index (χ1v) is 8.59. The molecule has 0 radical (unpaired) electrons. The standard InChI is InChI=1S/C19H17ClF2N2O2/c20-15-10-14(5-6-17(15)22)23-19(26)13-9-18(25)24(11-13)8-7-12-3-1-2-4-16(12)21/h1-6,10,13H,7-9,11H2,(H,23,26). The molecule has 1 saturated heterocycles. The van der Waals surface area contributed by atoms with Crippen molar-refractivity contribution in [2.45, 2.75) is 12.8 Å². The summed E-state index contributed by atoms with van der Waals surface area (Å²) in [7, 11) is 0. The van der Waals surface area contributed by atoms with E-state index in [9.17, 15) is 18.4 Å². The lowest BCUT2D eigenvalue weighted by atomic mass is 10.1. The van der Waals surface area contributed by atoms with Gasteiger partial charge in [0.2, 0.25) is 11.8 Å². The fourth-order valence-corrected chi connectivity index (χ4v) is 3.12. The van der Waals surface area contributed by atoms with Gasteiger partial charge in [-0.1, -0.05) is 29.8 Å². The zero-order valence-electron chi connectivity index (χ0n) is 13.8. The fraction of sp³-hybridized carbons (Fsp3) is 0.263.